The number of esters is 1. The summed E-state index contributed by atoms with van der Waals surface area (Å²) in [6, 6.07) is 20.2. The maximum atomic E-state index is 13.8. The largest absolute Gasteiger partial charge is 0.453 e. The van der Waals surface area contributed by atoms with E-state index >= 15 is 0 Å². The van der Waals surface area contributed by atoms with Crippen LogP contribution in [0, 0.1) is 5.92 Å². The molecule has 6 nitrogen and oxygen atoms in total. The summed E-state index contributed by atoms with van der Waals surface area (Å²) < 4.78 is 45.0. The van der Waals surface area contributed by atoms with E-state index < -0.39 is 52.9 Å². The van der Waals surface area contributed by atoms with Crippen molar-refractivity contribution in [3.63, 3.8) is 0 Å². The molecule has 4 aromatic carbocycles. The molecule has 1 aliphatic heterocycles. The number of Topliss-reactive ketones (excluding diaryl/α,β-unsaturated/α-hetero) is 2. The number of cyclic esters (lactones) is 1. The molecule has 1 heterocycles. The maximum absolute atomic E-state index is 13.8. The molecule has 196 valence electrons. The number of alkyl halides is 3. The van der Waals surface area contributed by atoms with Crippen molar-refractivity contribution >= 4 is 51.5 Å². The summed E-state index contributed by atoms with van der Waals surface area (Å²) in [6.07, 6.45) is -6.16. The molecule has 0 saturated carbocycles. The van der Waals surface area contributed by atoms with E-state index in [2.05, 4.69) is 5.32 Å². The van der Waals surface area contributed by atoms with E-state index in [1.165, 1.54) is 18.2 Å². The van der Waals surface area contributed by atoms with Gasteiger partial charge in [0.25, 0.3) is 5.91 Å². The van der Waals surface area contributed by atoms with Crippen molar-refractivity contribution in [3.05, 3.63) is 112 Å². The highest BCUT2D eigenvalue weighted by Crippen LogP contribution is 2.39. The molecular weight excluding hydrogens is 535 g/mol. The molecule has 4 aromatic rings. The number of benzene rings is 4. The number of nitrogens with one attached hydrogen (secondary N) is 1. The number of anilines is 1. The van der Waals surface area contributed by atoms with Crippen LogP contribution in [0.3, 0.4) is 0 Å². The lowest BCUT2D eigenvalue weighted by Gasteiger charge is -2.21. The van der Waals surface area contributed by atoms with Gasteiger partial charge in [-0.25, -0.2) is 4.79 Å². The van der Waals surface area contributed by atoms with E-state index in [0.717, 1.165) is 17.5 Å². The Morgan fingerprint density at radius 2 is 1.56 bits per heavy atom. The number of carbonyl (C=O) groups is 4. The quantitative estimate of drug-likeness (QED) is 0.129. The highest BCUT2D eigenvalue weighted by molar-refractivity contribution is 6.46. The number of hydrogen-bond acceptors (Lipinski definition) is 5. The summed E-state index contributed by atoms with van der Waals surface area (Å²) >= 11 is 5.97. The zero-order valence-corrected chi connectivity index (χ0v) is 20.5. The third-order valence-electron chi connectivity index (χ3n) is 6.39. The molecule has 2 atom stereocenters. The molecule has 0 aromatic heterocycles. The summed E-state index contributed by atoms with van der Waals surface area (Å²) in [6.45, 7) is 0. The molecule has 0 saturated heterocycles. The van der Waals surface area contributed by atoms with Crippen LogP contribution in [0.2, 0.25) is 5.02 Å². The summed E-state index contributed by atoms with van der Waals surface area (Å²) in [4.78, 5) is 52.9. The molecule has 39 heavy (non-hydrogen) atoms. The van der Waals surface area contributed by atoms with Gasteiger partial charge in [-0.3, -0.25) is 14.4 Å². The fraction of sp³-hybridized carbons (Fsp3) is 0.103. The first-order chi connectivity index (χ1) is 18.5. The molecule has 0 bridgehead atoms. The predicted molar refractivity (Wildman–Crippen MR) is 136 cm³/mol. The zero-order chi connectivity index (χ0) is 27.9. The van der Waals surface area contributed by atoms with Gasteiger partial charge in [0.05, 0.1) is 21.8 Å². The summed E-state index contributed by atoms with van der Waals surface area (Å²) in [5.74, 6) is -6.10. The van der Waals surface area contributed by atoms with Crippen LogP contribution in [0.5, 0.6) is 0 Å². The Morgan fingerprint density at radius 3 is 2.31 bits per heavy atom. The SMILES string of the molecule is O=C(Nc1cc(C(F)(F)F)ccc1Cl)C(=O)[C@@H](C(=O)c1ccc2ccccc2c1)[C@H]1OC(=O)c2ccccc21. The van der Waals surface area contributed by atoms with Crippen LogP contribution in [-0.4, -0.2) is 23.4 Å². The van der Waals surface area contributed by atoms with Crippen LogP contribution < -0.4 is 5.32 Å². The van der Waals surface area contributed by atoms with Crippen molar-refractivity contribution < 1.29 is 37.1 Å². The number of hydrogen-bond donors (Lipinski definition) is 1. The van der Waals surface area contributed by atoms with Crippen molar-refractivity contribution in [2.24, 2.45) is 5.92 Å². The Labute approximate surface area is 224 Å². The third-order valence-corrected chi connectivity index (χ3v) is 6.72. The second kappa shape index (κ2) is 9.99. The van der Waals surface area contributed by atoms with Crippen molar-refractivity contribution in [2.45, 2.75) is 12.3 Å². The van der Waals surface area contributed by atoms with Crippen molar-refractivity contribution in [1.82, 2.24) is 0 Å². The minimum atomic E-state index is -4.73. The molecule has 1 aliphatic rings. The first kappa shape index (κ1) is 26.1. The number of ketones is 2. The number of ether oxygens (including phenoxy) is 1. The first-order valence-corrected chi connectivity index (χ1v) is 12.0. The van der Waals surface area contributed by atoms with Gasteiger partial charge < -0.3 is 10.1 Å². The van der Waals surface area contributed by atoms with Gasteiger partial charge in [0.2, 0.25) is 5.78 Å². The van der Waals surface area contributed by atoms with E-state index in [0.29, 0.717) is 11.5 Å². The van der Waals surface area contributed by atoms with E-state index in [1.54, 1.807) is 36.4 Å². The fourth-order valence-corrected chi connectivity index (χ4v) is 4.62. The molecule has 0 fully saturated rings. The number of halogens is 4. The van der Waals surface area contributed by atoms with Crippen LogP contribution in [-0.2, 0) is 20.5 Å². The van der Waals surface area contributed by atoms with Crippen LogP contribution in [0.15, 0.2) is 84.9 Å². The van der Waals surface area contributed by atoms with Gasteiger partial charge in [-0.1, -0.05) is 66.2 Å². The Kier molecular flexibility index (Phi) is 6.69. The first-order valence-electron chi connectivity index (χ1n) is 11.6. The minimum absolute atomic E-state index is 0.0809. The Balaban J connectivity index is 1.54. The van der Waals surface area contributed by atoms with Crippen LogP contribution >= 0.6 is 11.6 Å². The van der Waals surface area contributed by atoms with Crippen LogP contribution in [0.4, 0.5) is 18.9 Å². The van der Waals surface area contributed by atoms with Crippen molar-refractivity contribution in [1.29, 1.82) is 0 Å². The average molecular weight is 552 g/mol. The van der Waals surface area contributed by atoms with Gasteiger partial charge in [-0.05, 0) is 41.1 Å². The Bertz CT molecular complexity index is 1670. The second-order valence-electron chi connectivity index (χ2n) is 8.83. The summed E-state index contributed by atoms with van der Waals surface area (Å²) in [7, 11) is 0. The van der Waals surface area contributed by atoms with Gasteiger partial charge >= 0.3 is 12.1 Å². The third kappa shape index (κ3) is 5.00. The van der Waals surface area contributed by atoms with E-state index in [-0.39, 0.29) is 21.7 Å². The van der Waals surface area contributed by atoms with Crippen LogP contribution in [0.1, 0.15) is 37.9 Å². The normalized spacial score (nSPS) is 15.4. The lowest BCUT2D eigenvalue weighted by atomic mass is 9.84. The molecule has 0 radical (unpaired) electrons. The Hall–Kier alpha value is -4.50. The zero-order valence-electron chi connectivity index (χ0n) is 19.8. The second-order valence-corrected chi connectivity index (χ2v) is 9.23. The lowest BCUT2D eigenvalue weighted by Crippen LogP contribution is -2.38. The highest BCUT2D eigenvalue weighted by atomic mass is 35.5. The smallest absolute Gasteiger partial charge is 0.416 e. The van der Waals surface area contributed by atoms with E-state index in [1.807, 2.05) is 12.1 Å². The molecular formula is C29H17ClF3NO5. The highest BCUT2D eigenvalue weighted by Gasteiger charge is 2.46. The van der Waals surface area contributed by atoms with E-state index in [9.17, 15) is 32.3 Å². The lowest BCUT2D eigenvalue weighted by molar-refractivity contribution is -0.138. The maximum Gasteiger partial charge on any atom is 0.416 e. The number of carbonyl (C=O) groups excluding carboxylic acids is 4. The van der Waals surface area contributed by atoms with Gasteiger partial charge in [0.1, 0.15) is 12.0 Å². The van der Waals surface area contributed by atoms with Crippen molar-refractivity contribution in [2.75, 3.05) is 5.32 Å². The summed E-state index contributed by atoms with van der Waals surface area (Å²) in [5.41, 5.74) is -1.12. The molecule has 0 spiro atoms. The van der Waals surface area contributed by atoms with E-state index in [4.69, 9.17) is 16.3 Å². The minimum Gasteiger partial charge on any atom is -0.453 e. The number of rotatable bonds is 6. The van der Waals surface area contributed by atoms with Crippen molar-refractivity contribution in [3.8, 4) is 0 Å². The molecule has 5 rings (SSSR count). The topological polar surface area (TPSA) is 89.5 Å². The Morgan fingerprint density at radius 1 is 0.872 bits per heavy atom. The van der Waals surface area contributed by atoms with Gasteiger partial charge in [0.15, 0.2) is 5.78 Å². The molecule has 1 N–H and O–H groups in total. The molecule has 0 aliphatic carbocycles. The molecule has 1 amide bonds. The van der Waals surface area contributed by atoms with Gasteiger partial charge in [0, 0.05) is 11.1 Å². The summed E-state index contributed by atoms with van der Waals surface area (Å²) in [5, 5.41) is 3.35. The van der Waals surface area contributed by atoms with Gasteiger partial charge in [-0.15, -0.1) is 0 Å². The number of amides is 1. The standard InChI is InChI=1S/C29H17ClF3NO5/c30-21-12-11-18(29(31,32)33)14-22(21)34-27(37)25(36)23(26-19-7-3-4-8-20(19)28(38)39-26)24(35)17-10-9-15-5-1-2-6-16(15)13-17/h1-14,23,26H,(H,34,37)/t23-,26+/m1/s1. The van der Waals surface area contributed by atoms with Crippen LogP contribution in [0.25, 0.3) is 10.8 Å². The molecule has 10 heteroatoms. The monoisotopic (exact) mass is 551 g/mol. The fourth-order valence-electron chi connectivity index (χ4n) is 4.46. The average Bonchev–Trinajstić information content (AvgIpc) is 3.24. The number of fused-ring (bicyclic) bond motifs is 2. The van der Waals surface area contributed by atoms with Gasteiger partial charge in [-0.2, -0.15) is 13.2 Å². The molecule has 0 unspecified atom stereocenters. The predicted octanol–water partition coefficient (Wildman–Crippen LogP) is 6.43.